The summed E-state index contributed by atoms with van der Waals surface area (Å²) < 4.78 is 6.94. The molecule has 0 fully saturated rings. The van der Waals surface area contributed by atoms with Crippen molar-refractivity contribution in [2.45, 2.75) is 27.0 Å². The van der Waals surface area contributed by atoms with Gasteiger partial charge in [0, 0.05) is 34.0 Å². The van der Waals surface area contributed by atoms with Gasteiger partial charge >= 0.3 is 0 Å². The summed E-state index contributed by atoms with van der Waals surface area (Å²) >= 11 is 3.42. The van der Waals surface area contributed by atoms with Gasteiger partial charge in [-0.1, -0.05) is 28.1 Å². The Bertz CT molecular complexity index is 567. The summed E-state index contributed by atoms with van der Waals surface area (Å²) in [4.78, 5) is 4.41. The van der Waals surface area contributed by atoms with Crippen LogP contribution in [0.1, 0.15) is 22.5 Å². The van der Waals surface area contributed by atoms with Crippen molar-refractivity contribution in [2.75, 3.05) is 0 Å². The molecule has 0 radical (unpaired) electrons. The van der Waals surface area contributed by atoms with E-state index in [2.05, 4.69) is 20.9 Å². The van der Waals surface area contributed by atoms with Crippen LogP contribution in [0.5, 0.6) is 5.75 Å². The average molecular weight is 321 g/mol. The lowest BCUT2D eigenvalue weighted by molar-refractivity contribution is 0.302. The van der Waals surface area contributed by atoms with E-state index in [-0.39, 0.29) is 0 Å². The van der Waals surface area contributed by atoms with Crippen LogP contribution in [0.15, 0.2) is 34.8 Å². The fourth-order valence-corrected chi connectivity index (χ4v) is 2.20. The van der Waals surface area contributed by atoms with Gasteiger partial charge in [0.15, 0.2) is 0 Å². The molecule has 2 rings (SSSR count). The lowest BCUT2D eigenvalue weighted by atomic mass is 10.1. The van der Waals surface area contributed by atoms with E-state index in [0.29, 0.717) is 13.2 Å². The minimum atomic E-state index is 0.439. The van der Waals surface area contributed by atoms with Crippen molar-refractivity contribution in [1.29, 1.82) is 0 Å². The van der Waals surface area contributed by atoms with E-state index in [0.717, 1.165) is 32.7 Å². The number of ether oxygens (including phenoxy) is 1. The Hall–Kier alpha value is -1.39. The minimum absolute atomic E-state index is 0.439. The molecule has 0 saturated carbocycles. The van der Waals surface area contributed by atoms with E-state index < -0.39 is 0 Å². The van der Waals surface area contributed by atoms with Crippen LogP contribution >= 0.6 is 15.9 Å². The van der Waals surface area contributed by atoms with E-state index >= 15 is 0 Å². The van der Waals surface area contributed by atoms with Gasteiger partial charge in [-0.25, -0.2) is 0 Å². The first-order valence-corrected chi connectivity index (χ1v) is 6.94. The first-order chi connectivity index (χ1) is 9.10. The van der Waals surface area contributed by atoms with Gasteiger partial charge in [-0.3, -0.25) is 4.98 Å². The Labute approximate surface area is 121 Å². The van der Waals surface area contributed by atoms with Crippen LogP contribution in [0.2, 0.25) is 0 Å². The number of benzene rings is 1. The molecule has 100 valence electrons. The van der Waals surface area contributed by atoms with Gasteiger partial charge in [-0.2, -0.15) is 0 Å². The van der Waals surface area contributed by atoms with Gasteiger partial charge in [-0.15, -0.1) is 0 Å². The zero-order valence-corrected chi connectivity index (χ0v) is 12.7. The van der Waals surface area contributed by atoms with Crippen molar-refractivity contribution >= 4 is 15.9 Å². The number of pyridine rings is 1. The van der Waals surface area contributed by atoms with E-state index in [1.165, 1.54) is 0 Å². The third-order valence-corrected chi connectivity index (χ3v) is 3.46. The summed E-state index contributed by atoms with van der Waals surface area (Å²) in [5.41, 5.74) is 9.75. The van der Waals surface area contributed by atoms with Crippen molar-refractivity contribution in [3.63, 3.8) is 0 Å². The standard InChI is InChI=1S/C15H17BrN2O/c1-10-7-15(14(8-17)11(2)18-10)19-9-12-3-5-13(16)6-4-12/h3-7H,8-9,17H2,1-2H3. The molecule has 0 saturated heterocycles. The molecule has 0 aliphatic carbocycles. The molecular weight excluding hydrogens is 304 g/mol. The molecule has 19 heavy (non-hydrogen) atoms. The maximum absolute atomic E-state index is 5.88. The monoisotopic (exact) mass is 320 g/mol. The first kappa shape index (κ1) is 14.0. The van der Waals surface area contributed by atoms with Gasteiger partial charge in [0.05, 0.1) is 0 Å². The molecule has 0 bridgehead atoms. The number of rotatable bonds is 4. The van der Waals surface area contributed by atoms with Crippen LogP contribution in [0.3, 0.4) is 0 Å². The average Bonchev–Trinajstić information content (AvgIpc) is 2.37. The van der Waals surface area contributed by atoms with Gasteiger partial charge in [0.2, 0.25) is 0 Å². The lowest BCUT2D eigenvalue weighted by Crippen LogP contribution is -2.07. The van der Waals surface area contributed by atoms with Crippen molar-refractivity contribution in [1.82, 2.24) is 4.98 Å². The van der Waals surface area contributed by atoms with Crippen molar-refractivity contribution in [3.8, 4) is 5.75 Å². The van der Waals surface area contributed by atoms with Gasteiger partial charge < -0.3 is 10.5 Å². The molecule has 0 amide bonds. The van der Waals surface area contributed by atoms with E-state index in [9.17, 15) is 0 Å². The second kappa shape index (κ2) is 6.17. The number of aromatic nitrogens is 1. The normalized spacial score (nSPS) is 10.5. The molecule has 1 aromatic carbocycles. The first-order valence-electron chi connectivity index (χ1n) is 6.14. The summed E-state index contributed by atoms with van der Waals surface area (Å²) in [6, 6.07) is 10.0. The summed E-state index contributed by atoms with van der Waals surface area (Å²) in [6.07, 6.45) is 0. The molecule has 0 spiro atoms. The molecule has 0 unspecified atom stereocenters. The molecular formula is C15H17BrN2O. The largest absolute Gasteiger partial charge is 0.488 e. The Morgan fingerprint density at radius 3 is 2.53 bits per heavy atom. The van der Waals surface area contributed by atoms with Crippen LogP contribution in [0.4, 0.5) is 0 Å². The van der Waals surface area contributed by atoms with Gasteiger partial charge in [0.1, 0.15) is 12.4 Å². The van der Waals surface area contributed by atoms with Gasteiger partial charge in [0.25, 0.3) is 0 Å². The number of aryl methyl sites for hydroxylation is 2. The predicted molar refractivity (Wildman–Crippen MR) is 80.1 cm³/mol. The van der Waals surface area contributed by atoms with E-state index in [4.69, 9.17) is 10.5 Å². The molecule has 0 aliphatic heterocycles. The summed E-state index contributed by atoms with van der Waals surface area (Å²) in [6.45, 7) is 4.89. The highest BCUT2D eigenvalue weighted by molar-refractivity contribution is 9.10. The van der Waals surface area contributed by atoms with Gasteiger partial charge in [-0.05, 0) is 31.5 Å². The minimum Gasteiger partial charge on any atom is -0.488 e. The van der Waals surface area contributed by atoms with Crippen LogP contribution < -0.4 is 10.5 Å². The predicted octanol–water partition coefficient (Wildman–Crippen LogP) is 3.50. The Morgan fingerprint density at radius 1 is 1.21 bits per heavy atom. The van der Waals surface area contributed by atoms with Crippen molar-refractivity contribution < 1.29 is 4.74 Å². The molecule has 0 atom stereocenters. The third-order valence-electron chi connectivity index (χ3n) is 2.93. The number of hydrogen-bond donors (Lipinski definition) is 1. The summed E-state index contributed by atoms with van der Waals surface area (Å²) in [5, 5.41) is 0. The highest BCUT2D eigenvalue weighted by Gasteiger charge is 2.08. The molecule has 4 heteroatoms. The Kier molecular flexibility index (Phi) is 4.56. The van der Waals surface area contributed by atoms with Crippen molar-refractivity contribution in [2.24, 2.45) is 5.73 Å². The van der Waals surface area contributed by atoms with Crippen LogP contribution in [0.25, 0.3) is 0 Å². The lowest BCUT2D eigenvalue weighted by Gasteiger charge is -2.13. The summed E-state index contributed by atoms with van der Waals surface area (Å²) in [7, 11) is 0. The molecule has 1 heterocycles. The van der Waals surface area contributed by atoms with Crippen LogP contribution in [-0.2, 0) is 13.2 Å². The molecule has 1 aromatic heterocycles. The van der Waals surface area contributed by atoms with E-state index in [1.54, 1.807) is 0 Å². The topological polar surface area (TPSA) is 48.1 Å². The number of hydrogen-bond acceptors (Lipinski definition) is 3. The molecule has 3 nitrogen and oxygen atoms in total. The maximum Gasteiger partial charge on any atom is 0.127 e. The quantitative estimate of drug-likeness (QED) is 0.937. The number of nitrogens with zero attached hydrogens (tertiary/aromatic N) is 1. The number of nitrogens with two attached hydrogens (primary N) is 1. The zero-order chi connectivity index (χ0) is 13.8. The third kappa shape index (κ3) is 3.55. The van der Waals surface area contributed by atoms with E-state index in [1.807, 2.05) is 44.2 Å². The molecule has 2 aromatic rings. The summed E-state index contributed by atoms with van der Waals surface area (Å²) in [5.74, 6) is 0.829. The Balaban J connectivity index is 2.17. The molecule has 0 aliphatic rings. The Morgan fingerprint density at radius 2 is 1.89 bits per heavy atom. The number of halogens is 1. The highest BCUT2D eigenvalue weighted by atomic mass is 79.9. The fraction of sp³-hybridized carbons (Fsp3) is 0.267. The van der Waals surface area contributed by atoms with Crippen LogP contribution in [-0.4, -0.2) is 4.98 Å². The fourth-order valence-electron chi connectivity index (χ4n) is 1.94. The highest BCUT2D eigenvalue weighted by Crippen LogP contribution is 2.23. The molecule has 2 N–H and O–H groups in total. The SMILES string of the molecule is Cc1cc(OCc2ccc(Br)cc2)c(CN)c(C)n1. The zero-order valence-electron chi connectivity index (χ0n) is 11.1. The second-order valence-corrected chi connectivity index (χ2v) is 5.36. The smallest absolute Gasteiger partial charge is 0.127 e. The maximum atomic E-state index is 5.88. The van der Waals surface area contributed by atoms with Crippen LogP contribution in [0, 0.1) is 13.8 Å². The van der Waals surface area contributed by atoms with Crippen molar-refractivity contribution in [3.05, 3.63) is 57.3 Å². The second-order valence-electron chi connectivity index (χ2n) is 4.45.